The van der Waals surface area contributed by atoms with Gasteiger partial charge in [-0.05, 0) is 69.0 Å². The molecule has 2 aliphatic rings. The first-order valence-corrected chi connectivity index (χ1v) is 9.08. The summed E-state index contributed by atoms with van der Waals surface area (Å²) in [6, 6.07) is 8.01. The van der Waals surface area contributed by atoms with Crippen LogP contribution in [0.15, 0.2) is 29.6 Å². The van der Waals surface area contributed by atoms with Gasteiger partial charge in [0.25, 0.3) is 0 Å². The van der Waals surface area contributed by atoms with E-state index in [0.717, 1.165) is 54.3 Å². The molecule has 1 aromatic carbocycles. The Bertz CT molecular complexity index is 716. The number of piperidine rings is 1. The largest absolute Gasteiger partial charge is 0.326 e. The van der Waals surface area contributed by atoms with Crippen LogP contribution in [0.3, 0.4) is 0 Å². The van der Waals surface area contributed by atoms with E-state index < -0.39 is 0 Å². The molecule has 2 N–H and O–H groups in total. The summed E-state index contributed by atoms with van der Waals surface area (Å²) in [4.78, 5) is 17.0. The highest BCUT2D eigenvalue weighted by atomic mass is 32.1. The van der Waals surface area contributed by atoms with E-state index in [1.807, 2.05) is 31.2 Å². The third-order valence-corrected chi connectivity index (χ3v) is 6.13. The lowest BCUT2D eigenvalue weighted by Gasteiger charge is -2.23. The minimum Gasteiger partial charge on any atom is -0.326 e. The molecular weight excluding hydrogens is 306 g/mol. The number of nitrogens with zero attached hydrogens (tertiary/aromatic N) is 1. The fraction of sp³-hybridized carbons (Fsp3) is 0.444. The summed E-state index contributed by atoms with van der Waals surface area (Å²) in [5.74, 6) is 0.385. The van der Waals surface area contributed by atoms with E-state index in [4.69, 9.17) is 0 Å². The van der Waals surface area contributed by atoms with Crippen molar-refractivity contribution >= 4 is 22.9 Å². The topological polar surface area (TPSA) is 54.0 Å². The lowest BCUT2D eigenvalue weighted by molar-refractivity contribution is -0.118. The second kappa shape index (κ2) is 5.73. The van der Waals surface area contributed by atoms with Crippen molar-refractivity contribution in [3.63, 3.8) is 0 Å². The molecular formula is C18H21N3OS. The zero-order valence-electron chi connectivity index (χ0n) is 13.3. The molecule has 1 aromatic heterocycles. The normalized spacial score (nSPS) is 22.0. The number of benzene rings is 1. The molecule has 0 bridgehead atoms. The predicted octanol–water partition coefficient (Wildman–Crippen LogP) is 3.45. The summed E-state index contributed by atoms with van der Waals surface area (Å²) in [7, 11) is 0. The molecule has 2 fully saturated rings. The molecule has 120 valence electrons. The number of aromatic nitrogens is 1. The van der Waals surface area contributed by atoms with Crippen LogP contribution in [-0.4, -0.2) is 24.0 Å². The first-order chi connectivity index (χ1) is 11.2. The van der Waals surface area contributed by atoms with Crippen molar-refractivity contribution < 1.29 is 4.79 Å². The van der Waals surface area contributed by atoms with E-state index in [1.165, 1.54) is 0 Å². The van der Waals surface area contributed by atoms with Gasteiger partial charge in [0.2, 0.25) is 5.91 Å². The van der Waals surface area contributed by atoms with E-state index in [-0.39, 0.29) is 17.2 Å². The molecule has 4 rings (SSSR count). The van der Waals surface area contributed by atoms with Gasteiger partial charge in [0.1, 0.15) is 5.01 Å². The third-order valence-electron chi connectivity index (χ3n) is 5.12. The molecule has 1 spiro atoms. The van der Waals surface area contributed by atoms with Crippen molar-refractivity contribution in [2.75, 3.05) is 18.4 Å². The van der Waals surface area contributed by atoms with E-state index in [0.29, 0.717) is 0 Å². The van der Waals surface area contributed by atoms with E-state index in [9.17, 15) is 4.79 Å². The number of rotatable bonds is 3. The van der Waals surface area contributed by atoms with Gasteiger partial charge in [-0.15, -0.1) is 11.3 Å². The number of carbonyl (C=O) groups excluding carboxylic acids is 1. The highest BCUT2D eigenvalue weighted by molar-refractivity contribution is 7.13. The Morgan fingerprint density at radius 3 is 2.70 bits per heavy atom. The van der Waals surface area contributed by atoms with Crippen molar-refractivity contribution in [2.24, 2.45) is 11.3 Å². The Labute approximate surface area is 140 Å². The number of carbonyl (C=O) groups is 1. The van der Waals surface area contributed by atoms with Crippen molar-refractivity contribution in [3.05, 3.63) is 35.3 Å². The van der Waals surface area contributed by atoms with Gasteiger partial charge in [-0.3, -0.25) is 4.79 Å². The number of nitrogens with one attached hydrogen (secondary N) is 2. The van der Waals surface area contributed by atoms with Gasteiger partial charge < -0.3 is 10.6 Å². The average molecular weight is 327 g/mol. The molecule has 2 aromatic rings. The third kappa shape index (κ3) is 2.91. The van der Waals surface area contributed by atoms with Crippen LogP contribution < -0.4 is 10.6 Å². The zero-order valence-corrected chi connectivity index (χ0v) is 14.1. The lowest BCUT2D eigenvalue weighted by Crippen LogP contribution is -2.31. The Morgan fingerprint density at radius 2 is 2.04 bits per heavy atom. The van der Waals surface area contributed by atoms with Crippen LogP contribution in [0.5, 0.6) is 0 Å². The molecule has 2 heterocycles. The maximum Gasteiger partial charge on any atom is 0.228 e. The molecule has 0 radical (unpaired) electrons. The summed E-state index contributed by atoms with van der Waals surface area (Å²) < 4.78 is 0. The van der Waals surface area contributed by atoms with Crippen LogP contribution in [0, 0.1) is 18.3 Å². The van der Waals surface area contributed by atoms with Gasteiger partial charge in [0, 0.05) is 28.2 Å². The van der Waals surface area contributed by atoms with Crippen LogP contribution in [0.1, 0.15) is 25.0 Å². The molecule has 23 heavy (non-hydrogen) atoms. The van der Waals surface area contributed by atoms with Gasteiger partial charge in [-0.1, -0.05) is 0 Å². The predicted molar refractivity (Wildman–Crippen MR) is 93.6 cm³/mol. The summed E-state index contributed by atoms with van der Waals surface area (Å²) in [6.45, 7) is 4.10. The summed E-state index contributed by atoms with van der Waals surface area (Å²) >= 11 is 1.65. The van der Waals surface area contributed by atoms with Crippen LogP contribution in [-0.2, 0) is 4.79 Å². The summed E-state index contributed by atoms with van der Waals surface area (Å²) in [5, 5.41) is 9.54. The Balaban J connectivity index is 1.40. The van der Waals surface area contributed by atoms with Crippen LogP contribution >= 0.6 is 11.3 Å². The van der Waals surface area contributed by atoms with Crippen molar-refractivity contribution in [3.8, 4) is 10.6 Å². The van der Waals surface area contributed by atoms with Crippen LogP contribution in [0.25, 0.3) is 10.6 Å². The molecule has 4 nitrogen and oxygen atoms in total. The van der Waals surface area contributed by atoms with Crippen molar-refractivity contribution in [1.29, 1.82) is 0 Å². The number of aryl methyl sites for hydroxylation is 1. The molecule has 1 amide bonds. The fourth-order valence-electron chi connectivity index (χ4n) is 3.61. The molecule has 1 saturated carbocycles. The Kier molecular flexibility index (Phi) is 3.70. The van der Waals surface area contributed by atoms with E-state index in [2.05, 4.69) is 21.0 Å². The second-order valence-electron chi connectivity index (χ2n) is 6.73. The smallest absolute Gasteiger partial charge is 0.228 e. The summed E-state index contributed by atoms with van der Waals surface area (Å²) in [5.41, 5.74) is 3.31. The van der Waals surface area contributed by atoms with Crippen molar-refractivity contribution in [1.82, 2.24) is 10.3 Å². The average Bonchev–Trinajstić information content (AvgIpc) is 3.07. The first kappa shape index (κ1) is 14.8. The van der Waals surface area contributed by atoms with Crippen LogP contribution in [0.2, 0.25) is 0 Å². The molecule has 5 heteroatoms. The maximum absolute atomic E-state index is 12.5. The number of amides is 1. The second-order valence-corrected chi connectivity index (χ2v) is 7.59. The minimum atomic E-state index is 0.185. The quantitative estimate of drug-likeness (QED) is 0.908. The molecule has 1 saturated heterocycles. The lowest BCUT2D eigenvalue weighted by atomic mass is 9.92. The van der Waals surface area contributed by atoms with Crippen molar-refractivity contribution in [2.45, 2.75) is 26.2 Å². The Morgan fingerprint density at radius 1 is 1.30 bits per heavy atom. The number of thiazole rings is 1. The number of anilines is 1. The van der Waals surface area contributed by atoms with Gasteiger partial charge in [0.05, 0.1) is 0 Å². The standard InChI is InChI=1S/C18H21N3OS/c1-12-11-23-17(20-12)13-2-4-14(5-3-13)21-16(22)15-10-18(15)6-8-19-9-7-18/h2-5,11,15,19H,6-10H2,1H3,(H,21,22). The number of hydrogen-bond acceptors (Lipinski definition) is 4. The van der Waals surface area contributed by atoms with Gasteiger partial charge in [-0.25, -0.2) is 4.98 Å². The highest BCUT2D eigenvalue weighted by Crippen LogP contribution is 2.58. The molecule has 1 aliphatic heterocycles. The number of hydrogen-bond donors (Lipinski definition) is 2. The monoisotopic (exact) mass is 327 g/mol. The molecule has 1 atom stereocenters. The zero-order chi connectivity index (χ0) is 15.9. The first-order valence-electron chi connectivity index (χ1n) is 8.20. The van der Waals surface area contributed by atoms with E-state index >= 15 is 0 Å². The van der Waals surface area contributed by atoms with Gasteiger partial charge in [0.15, 0.2) is 0 Å². The van der Waals surface area contributed by atoms with Gasteiger partial charge >= 0.3 is 0 Å². The molecule has 1 aliphatic carbocycles. The van der Waals surface area contributed by atoms with Gasteiger partial charge in [-0.2, -0.15) is 0 Å². The SMILES string of the molecule is Cc1csc(-c2ccc(NC(=O)C3CC34CCNCC4)cc2)n1. The fourth-order valence-corrected chi connectivity index (χ4v) is 4.41. The summed E-state index contributed by atoms with van der Waals surface area (Å²) in [6.07, 6.45) is 3.32. The van der Waals surface area contributed by atoms with E-state index in [1.54, 1.807) is 11.3 Å². The Hall–Kier alpha value is -1.72. The maximum atomic E-state index is 12.5. The molecule has 1 unspecified atom stereocenters. The minimum absolute atomic E-state index is 0.185. The van der Waals surface area contributed by atoms with Crippen LogP contribution in [0.4, 0.5) is 5.69 Å². The highest BCUT2D eigenvalue weighted by Gasteiger charge is 2.57.